The highest BCUT2D eigenvalue weighted by Gasteiger charge is 2.58. The van der Waals surface area contributed by atoms with Crippen LogP contribution in [-0.2, 0) is 13.0 Å². The third-order valence-electron chi connectivity index (χ3n) is 2.68. The van der Waals surface area contributed by atoms with Gasteiger partial charge < -0.3 is 10.5 Å². The zero-order chi connectivity index (χ0) is 18.0. The number of hydrogen-bond acceptors (Lipinski definition) is 4. The molecule has 0 spiro atoms. The molecular formula is C12H14F6N4O. The van der Waals surface area contributed by atoms with E-state index in [2.05, 4.69) is 14.8 Å². The zero-order valence-electron chi connectivity index (χ0n) is 12.3. The highest BCUT2D eigenvalue weighted by Crippen LogP contribution is 2.48. The van der Waals surface area contributed by atoms with Crippen LogP contribution in [0.5, 0.6) is 5.75 Å². The van der Waals surface area contributed by atoms with E-state index in [-0.39, 0.29) is 6.92 Å². The number of aryl methyl sites for hydroxylation is 1. The van der Waals surface area contributed by atoms with Crippen molar-refractivity contribution in [3.63, 3.8) is 0 Å². The summed E-state index contributed by atoms with van der Waals surface area (Å²) in [4.78, 5) is 3.64. The van der Waals surface area contributed by atoms with Crippen molar-refractivity contribution in [3.05, 3.63) is 17.5 Å². The summed E-state index contributed by atoms with van der Waals surface area (Å²) >= 11 is 0. The second-order valence-corrected chi connectivity index (χ2v) is 4.64. The van der Waals surface area contributed by atoms with Gasteiger partial charge in [0.1, 0.15) is 0 Å². The van der Waals surface area contributed by atoms with Gasteiger partial charge in [-0.2, -0.15) is 31.4 Å². The molecule has 1 aromatic heterocycles. The average molecular weight is 344 g/mol. The molecule has 0 saturated carbocycles. The van der Waals surface area contributed by atoms with E-state index in [1.165, 1.54) is 6.92 Å². The molecule has 0 unspecified atom stereocenters. The van der Waals surface area contributed by atoms with E-state index >= 15 is 0 Å². The van der Waals surface area contributed by atoms with Crippen molar-refractivity contribution < 1.29 is 31.1 Å². The predicted octanol–water partition coefficient (Wildman–Crippen LogP) is 3.33. The molecule has 1 heterocycles. The van der Waals surface area contributed by atoms with Crippen LogP contribution in [0.1, 0.15) is 19.5 Å². The summed E-state index contributed by atoms with van der Waals surface area (Å²) in [6.45, 7) is -2.10. The Labute approximate surface area is 127 Å². The topological polar surface area (TPSA) is 65.4 Å². The van der Waals surface area contributed by atoms with Crippen LogP contribution in [0.2, 0.25) is 0 Å². The maximum absolute atomic E-state index is 13.8. The number of alkyl halides is 6. The molecule has 11 heteroatoms. The Morgan fingerprint density at radius 1 is 1.35 bits per heavy atom. The Kier molecular flexibility index (Phi) is 5.33. The zero-order valence-corrected chi connectivity index (χ0v) is 12.3. The number of aromatic nitrogens is 2. The molecule has 130 valence electrons. The molecule has 0 aromatic carbocycles. The van der Waals surface area contributed by atoms with Crippen molar-refractivity contribution in [1.82, 2.24) is 9.78 Å². The van der Waals surface area contributed by atoms with Crippen LogP contribution in [0.15, 0.2) is 16.8 Å². The highest BCUT2D eigenvalue weighted by atomic mass is 19.3. The molecule has 2 N–H and O–H groups in total. The van der Waals surface area contributed by atoms with Gasteiger partial charge in [0.05, 0.1) is 0 Å². The lowest BCUT2D eigenvalue weighted by atomic mass is 10.1. The fourth-order valence-corrected chi connectivity index (χ4v) is 1.45. The van der Waals surface area contributed by atoms with Crippen LogP contribution in [0.4, 0.5) is 32.2 Å². The average Bonchev–Trinajstić information content (AvgIpc) is 2.71. The van der Waals surface area contributed by atoms with E-state index in [1.807, 2.05) is 0 Å². The maximum Gasteiger partial charge on any atom is 0.387 e. The van der Waals surface area contributed by atoms with E-state index in [4.69, 9.17) is 5.73 Å². The maximum atomic E-state index is 13.8. The highest BCUT2D eigenvalue weighted by molar-refractivity contribution is 5.80. The molecule has 0 bridgehead atoms. The van der Waals surface area contributed by atoms with Gasteiger partial charge in [0.25, 0.3) is 0 Å². The molecule has 0 radical (unpaired) electrons. The van der Waals surface area contributed by atoms with Crippen molar-refractivity contribution >= 4 is 12.0 Å². The van der Waals surface area contributed by atoms with E-state index in [0.717, 1.165) is 19.5 Å². The molecule has 1 aromatic rings. The SMILES string of the molecule is CC(C=Nc1c(OC(F)F)c(C(F)(F)C(C)(F)F)nn1C)=CN. The predicted molar refractivity (Wildman–Crippen MR) is 70.5 cm³/mol. The summed E-state index contributed by atoms with van der Waals surface area (Å²) < 4.78 is 83.3. The first-order chi connectivity index (χ1) is 10.4. The monoisotopic (exact) mass is 344 g/mol. The molecule has 0 atom stereocenters. The molecule has 5 nitrogen and oxygen atoms in total. The standard InChI is InChI=1S/C12H14F6N4O/c1-6(4-19)5-20-9-7(23-10(13)14)8(21-22(9)3)12(17,18)11(2,15)16/h4-5,10H,19H2,1-3H3. The first-order valence-electron chi connectivity index (χ1n) is 6.12. The number of nitrogens with zero attached hydrogens (tertiary/aromatic N) is 3. The van der Waals surface area contributed by atoms with Gasteiger partial charge in [0, 0.05) is 20.2 Å². The minimum absolute atomic E-state index is 0.0575. The smallest absolute Gasteiger partial charge is 0.387 e. The lowest BCUT2D eigenvalue weighted by Crippen LogP contribution is -2.36. The third kappa shape index (κ3) is 3.96. The Hall–Kier alpha value is -2.20. The largest absolute Gasteiger partial charge is 0.428 e. The van der Waals surface area contributed by atoms with E-state index in [0.29, 0.717) is 10.3 Å². The first-order valence-corrected chi connectivity index (χ1v) is 6.12. The molecule has 0 aliphatic heterocycles. The Morgan fingerprint density at radius 3 is 2.35 bits per heavy atom. The molecule has 1 rings (SSSR count). The molecule has 0 aliphatic carbocycles. The van der Waals surface area contributed by atoms with E-state index in [1.54, 1.807) is 0 Å². The number of ether oxygens (including phenoxy) is 1. The fraction of sp³-hybridized carbons (Fsp3) is 0.500. The van der Waals surface area contributed by atoms with Gasteiger partial charge in [0.2, 0.25) is 0 Å². The number of hydrogen-bond donors (Lipinski definition) is 1. The lowest BCUT2D eigenvalue weighted by Gasteiger charge is -2.21. The van der Waals surface area contributed by atoms with Crippen LogP contribution in [0, 0.1) is 0 Å². The second kappa shape index (κ2) is 6.50. The Bertz CT molecular complexity index is 618. The van der Waals surface area contributed by atoms with Gasteiger partial charge in [-0.25, -0.2) is 9.67 Å². The normalized spacial score (nSPS) is 14.1. The quantitative estimate of drug-likeness (QED) is 0.636. The summed E-state index contributed by atoms with van der Waals surface area (Å²) in [6, 6.07) is 0. The van der Waals surface area contributed by atoms with Gasteiger partial charge in [0.15, 0.2) is 17.3 Å². The second-order valence-electron chi connectivity index (χ2n) is 4.64. The van der Waals surface area contributed by atoms with Crippen molar-refractivity contribution in [3.8, 4) is 5.75 Å². The van der Waals surface area contributed by atoms with Crippen LogP contribution in [0.3, 0.4) is 0 Å². The number of aliphatic imine (C=N–C) groups is 1. The van der Waals surface area contributed by atoms with Crippen LogP contribution in [-0.4, -0.2) is 28.5 Å². The molecule has 0 amide bonds. The minimum atomic E-state index is -4.83. The van der Waals surface area contributed by atoms with Crippen LogP contribution in [0.25, 0.3) is 0 Å². The van der Waals surface area contributed by atoms with Crippen molar-refractivity contribution in [2.75, 3.05) is 0 Å². The first kappa shape index (κ1) is 18.8. The molecule has 0 aliphatic rings. The van der Waals surface area contributed by atoms with Gasteiger partial charge in [-0.1, -0.05) is 0 Å². The lowest BCUT2D eigenvalue weighted by molar-refractivity contribution is -0.208. The molecule has 0 fully saturated rings. The van der Waals surface area contributed by atoms with Gasteiger partial charge in [-0.3, -0.25) is 0 Å². The fourth-order valence-electron chi connectivity index (χ4n) is 1.45. The molecule has 0 saturated heterocycles. The van der Waals surface area contributed by atoms with Gasteiger partial charge in [-0.05, 0) is 18.7 Å². The third-order valence-corrected chi connectivity index (χ3v) is 2.68. The van der Waals surface area contributed by atoms with Crippen molar-refractivity contribution in [2.24, 2.45) is 17.8 Å². The molecular weight excluding hydrogens is 330 g/mol. The number of nitrogens with two attached hydrogens (primary N) is 1. The van der Waals surface area contributed by atoms with Crippen molar-refractivity contribution in [1.29, 1.82) is 0 Å². The Morgan fingerprint density at radius 2 is 1.91 bits per heavy atom. The van der Waals surface area contributed by atoms with Crippen LogP contribution < -0.4 is 10.5 Å². The molecule has 23 heavy (non-hydrogen) atoms. The number of rotatable bonds is 6. The number of halogens is 6. The van der Waals surface area contributed by atoms with Gasteiger partial charge >= 0.3 is 18.5 Å². The summed E-state index contributed by atoms with van der Waals surface area (Å²) in [5, 5.41) is 3.17. The number of allylic oxidation sites excluding steroid dienone is 1. The van der Waals surface area contributed by atoms with Crippen molar-refractivity contribution in [2.45, 2.75) is 32.3 Å². The Balaban J connectivity index is 3.52. The summed E-state index contributed by atoms with van der Waals surface area (Å²) in [5.41, 5.74) is 3.91. The summed E-state index contributed by atoms with van der Waals surface area (Å²) in [6.07, 6.45) is 2.17. The van der Waals surface area contributed by atoms with E-state index < -0.39 is 35.7 Å². The van der Waals surface area contributed by atoms with E-state index in [9.17, 15) is 26.3 Å². The summed E-state index contributed by atoms with van der Waals surface area (Å²) in [7, 11) is 1.07. The minimum Gasteiger partial charge on any atom is -0.428 e. The summed E-state index contributed by atoms with van der Waals surface area (Å²) in [5.74, 6) is -11.2. The van der Waals surface area contributed by atoms with Crippen LogP contribution >= 0.6 is 0 Å². The van der Waals surface area contributed by atoms with Gasteiger partial charge in [-0.15, -0.1) is 0 Å².